The molecule has 2 aliphatic carbocycles. The predicted molar refractivity (Wildman–Crippen MR) is 453 cm³/mol. The fraction of sp³-hybridized carbons (Fsp3) is 0.0476. The molecule has 16 aromatic carbocycles. The van der Waals surface area contributed by atoms with Crippen molar-refractivity contribution in [1.82, 2.24) is 0 Å². The maximum Gasteiger partial charge on any atom is 0.123 e. The van der Waals surface area contributed by atoms with Gasteiger partial charge < -0.3 is 19.3 Å². The second-order valence-electron chi connectivity index (χ2n) is 28.8. The van der Waals surface area contributed by atoms with E-state index < -0.39 is 10.8 Å². The van der Waals surface area contributed by atoms with Gasteiger partial charge in [0.05, 0.1) is 10.8 Å². The zero-order chi connectivity index (χ0) is 75.9. The molecule has 0 saturated heterocycles. The Kier molecular flexibility index (Phi) is 18.4. The van der Waals surface area contributed by atoms with Gasteiger partial charge in [-0.2, -0.15) is 0 Å². The second kappa shape index (κ2) is 29.5. The van der Waals surface area contributed by atoms with Gasteiger partial charge in [0.1, 0.15) is 42.2 Å². The Labute approximate surface area is 651 Å². The Balaban J connectivity index is 0.726. The van der Waals surface area contributed by atoms with Crippen LogP contribution in [-0.4, -0.2) is 0 Å². The van der Waals surface area contributed by atoms with E-state index in [0.29, 0.717) is 13.2 Å². The predicted octanol–water partition coefficient (Wildman–Crippen LogP) is 27.5. The van der Waals surface area contributed by atoms with Crippen molar-refractivity contribution in [1.29, 1.82) is 0 Å². The topological polar surface area (TPSA) is 24.9 Å². The van der Waals surface area contributed by atoms with E-state index in [1.165, 1.54) is 17.7 Å². The van der Waals surface area contributed by atoms with Crippen molar-refractivity contribution in [3.63, 3.8) is 0 Å². The summed E-state index contributed by atoms with van der Waals surface area (Å²) >= 11 is 0. The smallest absolute Gasteiger partial charge is 0.123 e. The number of rotatable bonds is 21. The Hall–Kier alpha value is -14.0. The molecule has 0 bridgehead atoms. The van der Waals surface area contributed by atoms with Gasteiger partial charge in [0.2, 0.25) is 0 Å². The average Bonchev–Trinajstić information content (AvgIpc) is 1.54. The molecule has 0 radical (unpaired) electrons. The summed E-state index contributed by atoms with van der Waals surface area (Å²) in [7, 11) is 0. The van der Waals surface area contributed by atoms with E-state index in [1.54, 1.807) is 36.4 Å². The molecule has 2 atom stereocenters. The lowest BCUT2D eigenvalue weighted by Crippen LogP contribution is -2.29. The Morgan fingerprint density at radius 3 is 0.866 bits per heavy atom. The van der Waals surface area contributed by atoms with E-state index >= 15 is 8.78 Å². The summed E-state index contributed by atoms with van der Waals surface area (Å²) in [6.45, 7) is 10.7. The van der Waals surface area contributed by atoms with Gasteiger partial charge in [-0.25, -0.2) is 13.2 Å². The first-order valence-corrected chi connectivity index (χ1v) is 37.7. The van der Waals surface area contributed by atoms with Gasteiger partial charge >= 0.3 is 0 Å². The number of hydrogen-bond acceptors (Lipinski definition) is 4. The van der Waals surface area contributed by atoms with E-state index in [-0.39, 0.29) is 17.5 Å². The van der Waals surface area contributed by atoms with E-state index in [9.17, 15) is 4.39 Å². The zero-order valence-electron chi connectivity index (χ0n) is 61.6. The van der Waals surface area contributed by atoms with Crippen LogP contribution in [0.3, 0.4) is 0 Å². The maximum absolute atomic E-state index is 15.3. The van der Waals surface area contributed by atoms with Crippen molar-refractivity contribution in [3.05, 3.63) is 479 Å². The van der Waals surface area contributed by atoms with Crippen LogP contribution in [0.25, 0.3) is 67.8 Å². The third kappa shape index (κ3) is 12.8. The number of hydrogen-bond donors (Lipinski definition) is 0. The molecule has 0 aromatic heterocycles. The Morgan fingerprint density at radius 1 is 0.277 bits per heavy atom. The molecule has 0 N–H and O–H groups in total. The minimum atomic E-state index is -0.881. The second-order valence-corrected chi connectivity index (χ2v) is 28.8. The van der Waals surface area contributed by atoms with Gasteiger partial charge in [-0.3, -0.25) is 0 Å². The van der Waals surface area contributed by atoms with Gasteiger partial charge in [0, 0.05) is 34.1 Å². The van der Waals surface area contributed by atoms with Crippen LogP contribution in [0.15, 0.2) is 389 Å². The highest BCUT2D eigenvalue weighted by atomic mass is 19.1. The summed E-state index contributed by atoms with van der Waals surface area (Å²) in [5.74, 6) is 0.551. The molecular formula is C105H75F3N2O2. The van der Waals surface area contributed by atoms with Crippen LogP contribution >= 0.6 is 0 Å². The van der Waals surface area contributed by atoms with E-state index in [0.717, 1.165) is 168 Å². The minimum Gasteiger partial charge on any atom is -0.489 e. The summed E-state index contributed by atoms with van der Waals surface area (Å²) in [5.41, 5.74) is 28.0. The molecule has 16 aromatic rings. The fourth-order valence-corrected chi connectivity index (χ4v) is 16.7. The number of ether oxygens (including phenoxy) is 2. The summed E-state index contributed by atoms with van der Waals surface area (Å²) < 4.78 is 57.8. The van der Waals surface area contributed by atoms with Crippen LogP contribution in [0, 0.1) is 24.4 Å². The van der Waals surface area contributed by atoms with Crippen LogP contribution < -0.4 is 19.3 Å². The first kappa shape index (κ1) is 69.7. The molecule has 0 spiro atoms. The first-order valence-electron chi connectivity index (χ1n) is 37.7. The molecule has 4 nitrogen and oxygen atoms in total. The first-order chi connectivity index (χ1) is 55.0. The lowest BCUT2D eigenvalue weighted by atomic mass is 9.67. The third-order valence-corrected chi connectivity index (χ3v) is 22.3. The summed E-state index contributed by atoms with van der Waals surface area (Å²) in [5, 5.41) is 0. The molecule has 0 fully saturated rings. The lowest BCUT2D eigenvalue weighted by Gasteiger charge is -2.35. The van der Waals surface area contributed by atoms with Crippen LogP contribution in [0.4, 0.5) is 47.3 Å². The van der Waals surface area contributed by atoms with Crippen molar-refractivity contribution in [2.45, 2.75) is 31.0 Å². The fourth-order valence-electron chi connectivity index (χ4n) is 16.7. The van der Waals surface area contributed by atoms with Crippen LogP contribution in [-0.2, 0) is 24.0 Å². The molecule has 112 heavy (non-hydrogen) atoms. The molecule has 0 amide bonds. The SMILES string of the molecule is C=Cc1ccc(COc2ccc(C3(c4ccc(F)cc4)c4ccccc4-c4ccc(N(c5ccc(-c6ccc(C)cc6)cc5)c5ccc(-c6ccc(N(c7ccc(-c8ccc(F)cc8)cc7)c7ccc8c(c7)C(c7ccc(F)cc7)(c7ccc(OCc9ccc(C=C)cc9)cc7)c7ccccc7-8)cc6)cc5)cc43)cc2)cc1. The molecule has 2 unspecified atom stereocenters. The molecule has 0 heterocycles. The normalized spacial score (nSPS) is 14.3. The van der Waals surface area contributed by atoms with E-state index in [2.05, 4.69) is 285 Å². The Morgan fingerprint density at radius 2 is 0.545 bits per heavy atom. The van der Waals surface area contributed by atoms with Crippen molar-refractivity contribution in [2.24, 2.45) is 0 Å². The van der Waals surface area contributed by atoms with Crippen molar-refractivity contribution in [3.8, 4) is 67.1 Å². The van der Waals surface area contributed by atoms with Gasteiger partial charge in [-0.15, -0.1) is 0 Å². The van der Waals surface area contributed by atoms with E-state index in [1.807, 2.05) is 84.9 Å². The average molecular weight is 1450 g/mol. The van der Waals surface area contributed by atoms with Crippen molar-refractivity contribution >= 4 is 46.3 Å². The third-order valence-electron chi connectivity index (χ3n) is 22.3. The molecule has 2 aliphatic rings. The van der Waals surface area contributed by atoms with Gasteiger partial charge in [-0.1, -0.05) is 274 Å². The standard InChI is InChI=1S/C105H75F3N2O2/c1-4-71-16-20-73(21-17-71)68-111-94-60-40-83(41-61-94)104(81-36-46-86(107)47-37-81)100-12-8-6-10-96(100)98-64-58-92(66-102(98)104)109(88-50-28-77(29-51-88)75-24-14-70(3)15-25-75)90-54-32-79(33-55-90)80-34-56-91(57-35-80)110(89-52-30-78(31-53-89)76-26-44-85(106)45-27-76)93-59-65-99-97-11-7-9-13-101(97)105(103(99)67-93,82-38-48-87(108)49-39-82)84-42-62-95(63-43-84)112-69-74-22-18-72(5-2)19-23-74/h4-67H,1-2,68-69H2,3H3. The van der Waals surface area contributed by atoms with Crippen LogP contribution in [0.1, 0.15) is 72.3 Å². The lowest BCUT2D eigenvalue weighted by molar-refractivity contribution is 0.306. The number of aryl methyl sites for hydroxylation is 1. The Bertz CT molecular complexity index is 5750. The highest BCUT2D eigenvalue weighted by molar-refractivity contribution is 5.93. The molecule has 7 heteroatoms. The van der Waals surface area contributed by atoms with Crippen molar-refractivity contribution in [2.75, 3.05) is 9.80 Å². The van der Waals surface area contributed by atoms with E-state index in [4.69, 9.17) is 9.47 Å². The quantitative estimate of drug-likeness (QED) is 0.0716. The molecule has 0 saturated carbocycles. The monoisotopic (exact) mass is 1450 g/mol. The van der Waals surface area contributed by atoms with Crippen LogP contribution in [0.2, 0.25) is 0 Å². The number of nitrogens with zero attached hydrogens (tertiary/aromatic N) is 2. The van der Waals surface area contributed by atoms with Crippen LogP contribution in [0.5, 0.6) is 11.5 Å². The minimum absolute atomic E-state index is 0.291. The summed E-state index contributed by atoms with van der Waals surface area (Å²) in [6, 6.07) is 128. The number of anilines is 6. The molecule has 18 rings (SSSR count). The molecule has 538 valence electrons. The zero-order valence-corrected chi connectivity index (χ0v) is 61.6. The molecular weight excluding hydrogens is 1380 g/mol. The number of halogens is 3. The largest absolute Gasteiger partial charge is 0.489 e. The van der Waals surface area contributed by atoms with Crippen molar-refractivity contribution < 1.29 is 22.6 Å². The molecule has 0 aliphatic heterocycles. The highest BCUT2D eigenvalue weighted by Crippen LogP contribution is 2.60. The summed E-state index contributed by atoms with van der Waals surface area (Å²) in [4.78, 5) is 4.62. The summed E-state index contributed by atoms with van der Waals surface area (Å²) in [6.07, 6.45) is 3.67. The van der Waals surface area contributed by atoms with Gasteiger partial charge in [-0.05, 0) is 263 Å². The number of benzene rings is 16. The van der Waals surface area contributed by atoms with Gasteiger partial charge in [0.15, 0.2) is 0 Å². The number of fused-ring (bicyclic) bond motifs is 6. The van der Waals surface area contributed by atoms with Gasteiger partial charge in [0.25, 0.3) is 0 Å². The highest BCUT2D eigenvalue weighted by Gasteiger charge is 2.48. The maximum atomic E-state index is 15.3.